The Labute approximate surface area is 172 Å². The Kier molecular flexibility index (Phi) is 5.70. The van der Waals surface area contributed by atoms with Gasteiger partial charge in [0.05, 0.1) is 0 Å². The zero-order valence-corrected chi connectivity index (χ0v) is 17.5. The molecule has 1 aromatic heterocycles. The molecule has 0 radical (unpaired) electrons. The molecule has 0 aliphatic rings. The van der Waals surface area contributed by atoms with Crippen molar-refractivity contribution in [1.82, 2.24) is 4.57 Å². The van der Waals surface area contributed by atoms with Crippen LogP contribution in [0.25, 0.3) is 11.8 Å². The highest BCUT2D eigenvalue weighted by Gasteiger charge is 2.14. The maximum Gasteiger partial charge on any atom is 0.266 e. The number of carbonyl (C=O) groups excluding carboxylic acids is 1. The first-order valence-corrected chi connectivity index (χ1v) is 9.56. The Bertz CT molecular complexity index is 1120. The minimum atomic E-state index is -0.405. The smallest absolute Gasteiger partial charge is 0.266 e. The first-order chi connectivity index (χ1) is 13.8. The van der Waals surface area contributed by atoms with E-state index in [0.717, 1.165) is 33.8 Å². The SMILES string of the molecule is Cc1ccc(-n2c(C)cc(/C=C(/C#N)C(=O)Nc3cc(C)cc(C)c3)c2C)cc1. The van der Waals surface area contributed by atoms with Crippen LogP contribution in [0.5, 0.6) is 0 Å². The average molecular weight is 383 g/mol. The topological polar surface area (TPSA) is 57.8 Å². The summed E-state index contributed by atoms with van der Waals surface area (Å²) < 4.78 is 2.13. The van der Waals surface area contributed by atoms with Gasteiger partial charge in [-0.3, -0.25) is 4.79 Å². The van der Waals surface area contributed by atoms with E-state index in [2.05, 4.69) is 41.1 Å². The zero-order chi connectivity index (χ0) is 21.1. The molecule has 0 bridgehead atoms. The maximum atomic E-state index is 12.7. The minimum Gasteiger partial charge on any atom is -0.321 e. The monoisotopic (exact) mass is 383 g/mol. The van der Waals surface area contributed by atoms with Crippen LogP contribution in [-0.2, 0) is 4.79 Å². The summed E-state index contributed by atoms with van der Waals surface area (Å²) in [4.78, 5) is 12.7. The minimum absolute atomic E-state index is 0.0771. The predicted octanol–water partition coefficient (Wildman–Crippen LogP) is 5.57. The van der Waals surface area contributed by atoms with Crippen molar-refractivity contribution in [3.8, 4) is 11.8 Å². The van der Waals surface area contributed by atoms with Crippen molar-refractivity contribution in [2.75, 3.05) is 5.32 Å². The number of nitrogens with one attached hydrogen (secondary N) is 1. The first kappa shape index (κ1) is 20.2. The van der Waals surface area contributed by atoms with E-state index in [1.165, 1.54) is 5.56 Å². The fourth-order valence-electron chi connectivity index (χ4n) is 3.57. The van der Waals surface area contributed by atoms with Gasteiger partial charge in [-0.05, 0) is 87.7 Å². The van der Waals surface area contributed by atoms with Gasteiger partial charge in [0, 0.05) is 22.8 Å². The van der Waals surface area contributed by atoms with Crippen LogP contribution in [0.3, 0.4) is 0 Å². The second-order valence-electron chi connectivity index (χ2n) is 7.50. The van der Waals surface area contributed by atoms with Crippen LogP contribution in [0.2, 0.25) is 0 Å². The third kappa shape index (κ3) is 4.47. The molecule has 1 N–H and O–H groups in total. The molecule has 1 amide bonds. The molecule has 3 rings (SSSR count). The van der Waals surface area contributed by atoms with E-state index in [4.69, 9.17) is 0 Å². The number of rotatable bonds is 4. The molecule has 0 aliphatic carbocycles. The van der Waals surface area contributed by atoms with Crippen LogP contribution >= 0.6 is 0 Å². The van der Waals surface area contributed by atoms with E-state index in [9.17, 15) is 10.1 Å². The molecule has 0 unspecified atom stereocenters. The highest BCUT2D eigenvalue weighted by molar-refractivity contribution is 6.09. The predicted molar refractivity (Wildman–Crippen MR) is 118 cm³/mol. The van der Waals surface area contributed by atoms with Gasteiger partial charge < -0.3 is 9.88 Å². The van der Waals surface area contributed by atoms with Gasteiger partial charge in [-0.2, -0.15) is 5.26 Å². The van der Waals surface area contributed by atoms with E-state index in [1.807, 2.05) is 58.0 Å². The fraction of sp³-hybridized carbons (Fsp3) is 0.200. The van der Waals surface area contributed by atoms with Gasteiger partial charge >= 0.3 is 0 Å². The van der Waals surface area contributed by atoms with Gasteiger partial charge in [-0.15, -0.1) is 0 Å². The number of anilines is 1. The van der Waals surface area contributed by atoms with Crippen molar-refractivity contribution >= 4 is 17.7 Å². The molecule has 0 aliphatic heterocycles. The molecule has 4 nitrogen and oxygen atoms in total. The lowest BCUT2D eigenvalue weighted by molar-refractivity contribution is -0.112. The number of benzene rings is 2. The second kappa shape index (κ2) is 8.20. The van der Waals surface area contributed by atoms with Gasteiger partial charge in [-0.1, -0.05) is 23.8 Å². The molecule has 3 aromatic rings. The summed E-state index contributed by atoms with van der Waals surface area (Å²) in [7, 11) is 0. The molecule has 2 aromatic carbocycles. The number of aromatic nitrogens is 1. The highest BCUT2D eigenvalue weighted by Crippen LogP contribution is 2.23. The summed E-state index contributed by atoms with van der Waals surface area (Å²) in [5.41, 5.74) is 8.04. The number of hydrogen-bond donors (Lipinski definition) is 1. The number of nitrogens with zero attached hydrogens (tertiary/aromatic N) is 2. The summed E-state index contributed by atoms with van der Waals surface area (Å²) in [6.45, 7) is 10.0. The molecule has 29 heavy (non-hydrogen) atoms. The molecule has 1 heterocycles. The van der Waals surface area contributed by atoms with Crippen LogP contribution in [-0.4, -0.2) is 10.5 Å². The summed E-state index contributed by atoms with van der Waals surface area (Å²) in [6.07, 6.45) is 1.66. The lowest BCUT2D eigenvalue weighted by atomic mass is 10.1. The average Bonchev–Trinajstić information content (AvgIpc) is 2.93. The molecule has 4 heteroatoms. The summed E-state index contributed by atoms with van der Waals surface area (Å²) in [6, 6.07) is 18.1. The van der Waals surface area contributed by atoms with Crippen LogP contribution in [0.1, 0.15) is 33.6 Å². The van der Waals surface area contributed by atoms with E-state index >= 15 is 0 Å². The summed E-state index contributed by atoms with van der Waals surface area (Å²) >= 11 is 0. The second-order valence-corrected chi connectivity index (χ2v) is 7.50. The lowest BCUT2D eigenvalue weighted by Crippen LogP contribution is -2.13. The molecule has 0 saturated heterocycles. The molecular formula is C25H25N3O. The lowest BCUT2D eigenvalue weighted by Gasteiger charge is -2.10. The van der Waals surface area contributed by atoms with Crippen LogP contribution < -0.4 is 5.32 Å². The number of aryl methyl sites for hydroxylation is 4. The number of nitriles is 1. The van der Waals surface area contributed by atoms with E-state index in [1.54, 1.807) is 6.08 Å². The maximum absolute atomic E-state index is 12.7. The molecule has 0 saturated carbocycles. The molecule has 0 atom stereocenters. The zero-order valence-electron chi connectivity index (χ0n) is 17.5. The normalized spacial score (nSPS) is 11.2. The van der Waals surface area contributed by atoms with Crippen molar-refractivity contribution in [2.45, 2.75) is 34.6 Å². The van der Waals surface area contributed by atoms with Crippen molar-refractivity contribution in [1.29, 1.82) is 5.26 Å². The molecular weight excluding hydrogens is 358 g/mol. The highest BCUT2D eigenvalue weighted by atomic mass is 16.1. The van der Waals surface area contributed by atoms with Crippen molar-refractivity contribution in [2.24, 2.45) is 0 Å². The van der Waals surface area contributed by atoms with Crippen molar-refractivity contribution in [3.05, 3.63) is 87.7 Å². The Morgan fingerprint density at radius 1 is 0.931 bits per heavy atom. The first-order valence-electron chi connectivity index (χ1n) is 9.56. The summed E-state index contributed by atoms with van der Waals surface area (Å²) in [5, 5.41) is 12.4. The van der Waals surface area contributed by atoms with E-state index < -0.39 is 5.91 Å². The fourth-order valence-corrected chi connectivity index (χ4v) is 3.57. The Morgan fingerprint density at radius 2 is 1.55 bits per heavy atom. The Hall–Kier alpha value is -3.58. The Morgan fingerprint density at radius 3 is 2.14 bits per heavy atom. The number of hydrogen-bond acceptors (Lipinski definition) is 2. The van der Waals surface area contributed by atoms with Gasteiger partial charge in [0.2, 0.25) is 0 Å². The largest absolute Gasteiger partial charge is 0.321 e. The molecule has 0 fully saturated rings. The van der Waals surface area contributed by atoms with E-state index in [-0.39, 0.29) is 5.57 Å². The molecule has 0 spiro atoms. The van der Waals surface area contributed by atoms with Crippen LogP contribution in [0.4, 0.5) is 5.69 Å². The number of amides is 1. The van der Waals surface area contributed by atoms with Crippen molar-refractivity contribution in [3.63, 3.8) is 0 Å². The van der Waals surface area contributed by atoms with Crippen molar-refractivity contribution < 1.29 is 4.79 Å². The molecule has 146 valence electrons. The summed E-state index contributed by atoms with van der Waals surface area (Å²) in [5.74, 6) is -0.405. The van der Waals surface area contributed by atoms with Gasteiger partial charge in [-0.25, -0.2) is 0 Å². The quantitative estimate of drug-likeness (QED) is 0.473. The van der Waals surface area contributed by atoms with Gasteiger partial charge in [0.25, 0.3) is 5.91 Å². The van der Waals surface area contributed by atoms with E-state index in [0.29, 0.717) is 5.69 Å². The van der Waals surface area contributed by atoms with Crippen LogP contribution in [0, 0.1) is 45.9 Å². The van der Waals surface area contributed by atoms with Gasteiger partial charge in [0.1, 0.15) is 11.6 Å². The van der Waals surface area contributed by atoms with Gasteiger partial charge in [0.15, 0.2) is 0 Å². The Balaban J connectivity index is 1.93. The standard InChI is InChI=1S/C25H25N3O/c1-16-6-8-24(9-7-16)28-19(4)13-21(20(28)5)14-22(15-26)25(29)27-23-11-17(2)10-18(3)12-23/h6-14H,1-5H3,(H,27,29)/b22-14-. The van der Waals surface area contributed by atoms with Crippen LogP contribution in [0.15, 0.2) is 54.1 Å². The third-order valence-corrected chi connectivity index (χ3v) is 4.91. The number of carbonyl (C=O) groups is 1. The third-order valence-electron chi connectivity index (χ3n) is 4.91.